The molecule has 94 valence electrons. The average molecular weight is 256 g/mol. The van der Waals surface area contributed by atoms with E-state index >= 15 is 0 Å². The summed E-state index contributed by atoms with van der Waals surface area (Å²) in [6, 6.07) is 4.82. The highest BCUT2D eigenvalue weighted by atomic mass is 35.5. The summed E-state index contributed by atoms with van der Waals surface area (Å²) in [4.78, 5) is 0. The Morgan fingerprint density at radius 2 is 2.24 bits per heavy atom. The molecule has 1 nitrogen and oxygen atoms in total. The Bertz CT molecular complexity index is 387. The number of hydrogen-bond donors (Lipinski definition) is 1. The zero-order valence-electron chi connectivity index (χ0n) is 10.2. The Morgan fingerprint density at radius 1 is 1.47 bits per heavy atom. The van der Waals surface area contributed by atoms with Crippen LogP contribution < -0.4 is 5.73 Å². The molecular weight excluding hydrogens is 237 g/mol. The number of hydrogen-bond acceptors (Lipinski definition) is 1. The topological polar surface area (TPSA) is 26.0 Å². The predicted octanol–water partition coefficient (Wildman–Crippen LogP) is 3.93. The molecule has 3 heteroatoms. The molecule has 0 amide bonds. The Morgan fingerprint density at radius 3 is 2.88 bits per heavy atom. The first-order valence-electron chi connectivity index (χ1n) is 6.25. The van der Waals surface area contributed by atoms with Gasteiger partial charge in [0.25, 0.3) is 0 Å². The first-order chi connectivity index (χ1) is 8.03. The van der Waals surface area contributed by atoms with E-state index in [-0.39, 0.29) is 11.4 Å². The molecule has 0 bridgehead atoms. The summed E-state index contributed by atoms with van der Waals surface area (Å²) in [5, 5.41) is 0.493. The van der Waals surface area contributed by atoms with Crippen molar-refractivity contribution in [2.45, 2.75) is 44.6 Å². The molecule has 2 unspecified atom stereocenters. The Hall–Kier alpha value is -0.600. The van der Waals surface area contributed by atoms with Crippen LogP contribution in [0.5, 0.6) is 0 Å². The molecule has 0 aromatic heterocycles. The minimum Gasteiger partial charge on any atom is -0.325 e. The van der Waals surface area contributed by atoms with Crippen LogP contribution in [0.15, 0.2) is 18.2 Å². The van der Waals surface area contributed by atoms with Gasteiger partial charge in [-0.15, -0.1) is 0 Å². The molecule has 1 aliphatic carbocycles. The van der Waals surface area contributed by atoms with E-state index in [1.54, 1.807) is 12.1 Å². The fourth-order valence-corrected chi connectivity index (χ4v) is 2.96. The minimum absolute atomic E-state index is 0.236. The van der Waals surface area contributed by atoms with Crippen molar-refractivity contribution >= 4 is 11.6 Å². The van der Waals surface area contributed by atoms with Gasteiger partial charge in [0, 0.05) is 16.1 Å². The fraction of sp³-hybridized carbons (Fsp3) is 0.571. The van der Waals surface area contributed by atoms with E-state index in [9.17, 15) is 4.39 Å². The smallest absolute Gasteiger partial charge is 0.127 e. The summed E-state index contributed by atoms with van der Waals surface area (Å²) < 4.78 is 13.8. The van der Waals surface area contributed by atoms with Gasteiger partial charge in [0.1, 0.15) is 5.82 Å². The summed E-state index contributed by atoms with van der Waals surface area (Å²) in [6.07, 6.45) is 4.99. The van der Waals surface area contributed by atoms with Crippen LogP contribution in [0.3, 0.4) is 0 Å². The Balaban J connectivity index is 2.25. The first kappa shape index (κ1) is 12.8. The first-order valence-corrected chi connectivity index (χ1v) is 6.62. The number of benzene rings is 1. The van der Waals surface area contributed by atoms with E-state index < -0.39 is 0 Å². The summed E-state index contributed by atoms with van der Waals surface area (Å²) in [7, 11) is 0. The standard InChI is InChI=1S/C14H19ClFN/c1-10-5-2-3-8-14(10,17)9-11-12(15)6-4-7-13(11)16/h4,6-7,10H,2-3,5,8-9,17H2,1H3. The lowest BCUT2D eigenvalue weighted by Gasteiger charge is -2.40. The molecule has 17 heavy (non-hydrogen) atoms. The normalized spacial score (nSPS) is 29.3. The molecular formula is C14H19ClFN. The minimum atomic E-state index is -0.302. The van der Waals surface area contributed by atoms with Crippen molar-refractivity contribution in [3.05, 3.63) is 34.6 Å². The number of halogens is 2. The maximum Gasteiger partial charge on any atom is 0.127 e. The zero-order valence-corrected chi connectivity index (χ0v) is 10.9. The second kappa shape index (κ2) is 4.95. The van der Waals surface area contributed by atoms with Crippen LogP contribution in [-0.4, -0.2) is 5.54 Å². The van der Waals surface area contributed by atoms with Crippen molar-refractivity contribution in [2.75, 3.05) is 0 Å². The maximum atomic E-state index is 13.8. The molecule has 0 heterocycles. The van der Waals surface area contributed by atoms with Crippen molar-refractivity contribution < 1.29 is 4.39 Å². The van der Waals surface area contributed by atoms with E-state index in [0.717, 1.165) is 19.3 Å². The van der Waals surface area contributed by atoms with Crippen molar-refractivity contribution in [1.82, 2.24) is 0 Å². The van der Waals surface area contributed by atoms with Crippen LogP contribution in [-0.2, 0) is 6.42 Å². The highest BCUT2D eigenvalue weighted by Crippen LogP contribution is 2.36. The fourth-order valence-electron chi connectivity index (χ4n) is 2.73. The van der Waals surface area contributed by atoms with Gasteiger partial charge in [-0.05, 0) is 37.3 Å². The van der Waals surface area contributed by atoms with Crippen molar-refractivity contribution in [1.29, 1.82) is 0 Å². The molecule has 1 fully saturated rings. The van der Waals surface area contributed by atoms with E-state index in [1.807, 2.05) is 0 Å². The molecule has 2 atom stereocenters. The van der Waals surface area contributed by atoms with E-state index in [4.69, 9.17) is 17.3 Å². The third kappa shape index (κ3) is 2.63. The molecule has 2 N–H and O–H groups in total. The molecule has 0 saturated heterocycles. The third-order valence-corrected chi connectivity index (χ3v) is 4.43. The highest BCUT2D eigenvalue weighted by Gasteiger charge is 2.35. The van der Waals surface area contributed by atoms with Gasteiger partial charge in [0.15, 0.2) is 0 Å². The van der Waals surface area contributed by atoms with Crippen molar-refractivity contribution in [3.8, 4) is 0 Å². The third-order valence-electron chi connectivity index (χ3n) is 4.08. The van der Waals surface area contributed by atoms with Gasteiger partial charge >= 0.3 is 0 Å². The van der Waals surface area contributed by atoms with Gasteiger partial charge in [-0.25, -0.2) is 4.39 Å². The second-order valence-corrected chi connectivity index (χ2v) is 5.66. The molecule has 1 aliphatic rings. The van der Waals surface area contributed by atoms with Gasteiger partial charge in [-0.1, -0.05) is 37.4 Å². The van der Waals surface area contributed by atoms with Crippen LogP contribution in [0.1, 0.15) is 38.2 Å². The Labute approximate surface area is 107 Å². The van der Waals surface area contributed by atoms with Crippen LogP contribution in [0.25, 0.3) is 0 Å². The molecule has 0 aliphatic heterocycles. The molecule has 1 saturated carbocycles. The predicted molar refractivity (Wildman–Crippen MR) is 69.7 cm³/mol. The zero-order chi connectivity index (χ0) is 12.5. The quantitative estimate of drug-likeness (QED) is 0.851. The van der Waals surface area contributed by atoms with Crippen molar-refractivity contribution in [2.24, 2.45) is 11.7 Å². The maximum absolute atomic E-state index is 13.8. The van der Waals surface area contributed by atoms with E-state index in [1.165, 1.54) is 12.5 Å². The summed E-state index contributed by atoms with van der Waals surface area (Å²) in [6.45, 7) is 2.16. The molecule has 1 aromatic carbocycles. The van der Waals surface area contributed by atoms with Gasteiger partial charge in [0.05, 0.1) is 0 Å². The Kier molecular flexibility index (Phi) is 3.74. The van der Waals surface area contributed by atoms with Gasteiger partial charge in [0.2, 0.25) is 0 Å². The second-order valence-electron chi connectivity index (χ2n) is 5.26. The molecule has 0 spiro atoms. The lowest BCUT2D eigenvalue weighted by Crippen LogP contribution is -2.50. The van der Waals surface area contributed by atoms with Crippen LogP contribution in [0.4, 0.5) is 4.39 Å². The lowest BCUT2D eigenvalue weighted by molar-refractivity contribution is 0.202. The van der Waals surface area contributed by atoms with E-state index in [0.29, 0.717) is 22.9 Å². The summed E-state index contributed by atoms with van der Waals surface area (Å²) >= 11 is 6.06. The molecule has 2 rings (SSSR count). The van der Waals surface area contributed by atoms with Crippen molar-refractivity contribution in [3.63, 3.8) is 0 Å². The number of rotatable bonds is 2. The van der Waals surface area contributed by atoms with E-state index in [2.05, 4.69) is 6.92 Å². The van der Waals surface area contributed by atoms with Crippen LogP contribution in [0, 0.1) is 11.7 Å². The number of nitrogens with two attached hydrogens (primary N) is 1. The lowest BCUT2D eigenvalue weighted by atomic mass is 9.71. The monoisotopic (exact) mass is 255 g/mol. The average Bonchev–Trinajstić information content (AvgIpc) is 2.28. The van der Waals surface area contributed by atoms with Gasteiger partial charge in [-0.2, -0.15) is 0 Å². The SMILES string of the molecule is CC1CCCCC1(N)Cc1c(F)cccc1Cl. The van der Waals surface area contributed by atoms with Gasteiger partial charge in [-0.3, -0.25) is 0 Å². The van der Waals surface area contributed by atoms with Crippen LogP contribution in [0.2, 0.25) is 5.02 Å². The van der Waals surface area contributed by atoms with Crippen LogP contribution >= 0.6 is 11.6 Å². The largest absolute Gasteiger partial charge is 0.325 e. The molecule has 0 radical (unpaired) electrons. The van der Waals surface area contributed by atoms with Gasteiger partial charge < -0.3 is 5.73 Å². The highest BCUT2D eigenvalue weighted by molar-refractivity contribution is 6.31. The summed E-state index contributed by atoms with van der Waals surface area (Å²) in [5.41, 5.74) is 6.72. The summed E-state index contributed by atoms with van der Waals surface area (Å²) in [5.74, 6) is 0.187. The molecule has 1 aromatic rings.